The number of hydrogen-bond donors (Lipinski definition) is 6. The Morgan fingerprint density at radius 3 is 1.32 bits per heavy atom. The van der Waals surface area contributed by atoms with Gasteiger partial charge >= 0.3 is 12.2 Å². The Morgan fingerprint density at radius 1 is 0.677 bits per heavy atom. The lowest BCUT2D eigenvalue weighted by molar-refractivity contribution is -0.139. The van der Waals surface area contributed by atoms with Gasteiger partial charge in [-0.15, -0.1) is 0 Å². The summed E-state index contributed by atoms with van der Waals surface area (Å²) in [6, 6.07) is 0. The Kier molecular flexibility index (Phi) is 38.9. The summed E-state index contributed by atoms with van der Waals surface area (Å²) in [5.74, 6) is -2.09. The molecule has 62 heavy (non-hydrogen) atoms. The molecule has 0 aromatic rings. The molecule has 2 rings (SSSR count). The van der Waals surface area contributed by atoms with Crippen LogP contribution in [0.1, 0.15) is 94.9 Å². The number of carbonyl (C=O) groups excluding carboxylic acids is 11. The van der Waals surface area contributed by atoms with Gasteiger partial charge in [-0.3, -0.25) is 53.0 Å². The first-order chi connectivity index (χ1) is 28.4. The van der Waals surface area contributed by atoms with Gasteiger partial charge in [-0.05, 0) is 27.2 Å². The van der Waals surface area contributed by atoms with Crippen molar-refractivity contribution in [3.05, 3.63) is 0 Å². The number of ether oxygens (including phenoxy) is 3. The van der Waals surface area contributed by atoms with Crippen LogP contribution in [0, 0.1) is 17.8 Å². The number of hydrogen-bond acceptors (Lipinski definition) is 14. The number of amides is 10. The SMILES string of the molecule is C.C.CC(=O)C(CC(=O)NCCNC=O)CC(=O)NCCNC=O.CC1CC(=O)N(C)C1=O.CC1CC(=O)N(C)C1=O.CCCCOC(COC(=O)NCC)COC(=O)NCC. The lowest BCUT2D eigenvalue weighted by atomic mass is 9.96. The second-order valence-corrected chi connectivity index (χ2v) is 13.5. The summed E-state index contributed by atoms with van der Waals surface area (Å²) in [7, 11) is 3.04. The fourth-order valence-electron chi connectivity index (χ4n) is 4.76. The fourth-order valence-corrected chi connectivity index (χ4v) is 4.76. The topological polar surface area (TPSA) is 294 Å². The van der Waals surface area contributed by atoms with E-state index in [1.165, 1.54) is 30.8 Å². The Labute approximate surface area is 366 Å². The maximum atomic E-state index is 11.6. The summed E-state index contributed by atoms with van der Waals surface area (Å²) in [4.78, 5) is 123. The van der Waals surface area contributed by atoms with Crippen LogP contribution in [0.25, 0.3) is 0 Å². The normalized spacial score (nSPS) is 14.8. The van der Waals surface area contributed by atoms with Crippen molar-refractivity contribution in [2.75, 3.05) is 73.2 Å². The van der Waals surface area contributed by atoms with E-state index in [1.54, 1.807) is 27.7 Å². The van der Waals surface area contributed by atoms with Crippen LogP contribution in [-0.4, -0.2) is 155 Å². The van der Waals surface area contributed by atoms with E-state index in [1.807, 2.05) is 0 Å². The number of unbranched alkanes of at least 4 members (excludes halogenated alkanes) is 1. The number of rotatable bonds is 23. The molecule has 0 aromatic heterocycles. The van der Waals surface area contributed by atoms with Crippen LogP contribution in [0.4, 0.5) is 9.59 Å². The van der Waals surface area contributed by atoms with Crippen molar-refractivity contribution in [1.29, 1.82) is 0 Å². The average Bonchev–Trinajstić information content (AvgIpc) is 3.56. The number of ketones is 1. The second-order valence-electron chi connectivity index (χ2n) is 13.5. The van der Waals surface area contributed by atoms with Crippen molar-refractivity contribution in [2.24, 2.45) is 17.8 Å². The van der Waals surface area contributed by atoms with E-state index in [-0.39, 0.29) is 107 Å². The van der Waals surface area contributed by atoms with E-state index in [2.05, 4.69) is 38.8 Å². The molecule has 0 saturated carbocycles. The number of alkyl carbamates (subject to hydrolysis) is 2. The average molecular weight is 891 g/mol. The third kappa shape index (κ3) is 30.4. The maximum Gasteiger partial charge on any atom is 0.407 e. The molecule has 2 atom stereocenters. The third-order valence-electron chi connectivity index (χ3n) is 8.30. The molecular weight excluding hydrogens is 816 g/mol. The van der Waals surface area contributed by atoms with Gasteiger partial charge in [-0.2, -0.15) is 0 Å². The standard InChI is InChI=1S/C13H22N4O5.C13H26N2O5.2C6H9NO2.2CH4/c1-10(20)11(6-12(21)16-4-2-14-8-18)7-13(22)17-5-3-15-9-19;1-4-7-8-18-11(9-19-12(16)14-5-2)10-20-13(17)15-6-3;2*1-4-3-5(8)7(2)6(4)9;;/h8-9,11H,2-7H2,1H3,(H,14,18)(H,15,19)(H,16,21)(H,17,22);11H,4-10H2,1-3H3,(H,14,16)(H,15,17);2*4H,3H2,1-2H3;2*1H4. The zero-order valence-corrected chi connectivity index (χ0v) is 36.2. The molecule has 0 radical (unpaired) electrons. The lowest BCUT2D eigenvalue weighted by Crippen LogP contribution is -2.36. The summed E-state index contributed by atoms with van der Waals surface area (Å²) < 4.78 is 15.5. The summed E-state index contributed by atoms with van der Waals surface area (Å²) >= 11 is 0. The Morgan fingerprint density at radius 2 is 1.06 bits per heavy atom. The fraction of sp³-hybridized carbons (Fsp3) is 0.725. The highest BCUT2D eigenvalue weighted by Gasteiger charge is 2.33. The van der Waals surface area contributed by atoms with Gasteiger partial charge in [0.25, 0.3) is 0 Å². The van der Waals surface area contributed by atoms with Gasteiger partial charge in [-0.25, -0.2) is 9.59 Å². The van der Waals surface area contributed by atoms with Crippen molar-refractivity contribution < 1.29 is 67.0 Å². The van der Waals surface area contributed by atoms with Gasteiger partial charge in [-0.1, -0.05) is 42.0 Å². The van der Waals surface area contributed by atoms with Crippen LogP contribution in [0.5, 0.6) is 0 Å². The number of imide groups is 2. The van der Waals surface area contributed by atoms with E-state index < -0.39 is 24.2 Å². The molecule has 2 saturated heterocycles. The molecule has 2 aliphatic heterocycles. The first-order valence-corrected chi connectivity index (χ1v) is 19.8. The molecule has 22 heteroatoms. The first kappa shape index (κ1) is 63.0. The predicted molar refractivity (Wildman–Crippen MR) is 229 cm³/mol. The quantitative estimate of drug-likeness (QED) is 0.0467. The zero-order valence-electron chi connectivity index (χ0n) is 36.2. The van der Waals surface area contributed by atoms with Crippen molar-refractivity contribution in [3.63, 3.8) is 0 Å². The molecule has 2 unspecified atom stereocenters. The van der Waals surface area contributed by atoms with Crippen LogP contribution >= 0.6 is 0 Å². The molecule has 2 heterocycles. The minimum atomic E-state index is -0.696. The summed E-state index contributed by atoms with van der Waals surface area (Å²) in [6.07, 6.45) is 2.08. The highest BCUT2D eigenvalue weighted by atomic mass is 16.6. The molecule has 0 aliphatic carbocycles. The molecule has 2 fully saturated rings. The minimum Gasteiger partial charge on any atom is -0.447 e. The molecule has 0 aromatic carbocycles. The largest absolute Gasteiger partial charge is 0.447 e. The summed E-state index contributed by atoms with van der Waals surface area (Å²) in [6.45, 7) is 13.2. The van der Waals surface area contributed by atoms with Gasteiger partial charge in [0.1, 0.15) is 25.1 Å². The number of nitrogens with one attached hydrogen (secondary N) is 6. The van der Waals surface area contributed by atoms with Crippen LogP contribution < -0.4 is 31.9 Å². The van der Waals surface area contributed by atoms with Crippen LogP contribution in [0.2, 0.25) is 0 Å². The number of carbonyl (C=O) groups is 11. The minimum absolute atomic E-state index is 0. The Bertz CT molecular complexity index is 1310. The van der Waals surface area contributed by atoms with Gasteiger partial charge in [0.2, 0.25) is 48.3 Å². The lowest BCUT2D eigenvalue weighted by Gasteiger charge is -2.18. The molecular formula is C40H74N8O14. The summed E-state index contributed by atoms with van der Waals surface area (Å²) in [5.41, 5.74) is 0. The molecule has 0 spiro atoms. The van der Waals surface area contributed by atoms with E-state index in [0.29, 0.717) is 58.4 Å². The van der Waals surface area contributed by atoms with Crippen LogP contribution in [0.15, 0.2) is 0 Å². The van der Waals surface area contributed by atoms with E-state index in [0.717, 1.165) is 12.8 Å². The first-order valence-electron chi connectivity index (χ1n) is 19.8. The van der Waals surface area contributed by atoms with Crippen molar-refractivity contribution >= 4 is 66.2 Å². The molecule has 2 aliphatic rings. The monoisotopic (exact) mass is 891 g/mol. The molecule has 0 bridgehead atoms. The van der Waals surface area contributed by atoms with Gasteiger partial charge in [0.05, 0.1) is 0 Å². The van der Waals surface area contributed by atoms with Gasteiger partial charge < -0.3 is 46.1 Å². The Balaban J connectivity index is -0.000000382. The third-order valence-corrected chi connectivity index (χ3v) is 8.30. The van der Waals surface area contributed by atoms with E-state index in [4.69, 9.17) is 14.2 Å². The Hall–Kier alpha value is -5.67. The summed E-state index contributed by atoms with van der Waals surface area (Å²) in [5, 5.41) is 14.9. The van der Waals surface area contributed by atoms with Gasteiger partial charge in [0.15, 0.2) is 0 Å². The molecule has 6 N–H and O–H groups in total. The molecule has 358 valence electrons. The smallest absolute Gasteiger partial charge is 0.407 e. The van der Waals surface area contributed by atoms with E-state index in [9.17, 15) is 52.7 Å². The molecule has 22 nitrogen and oxygen atoms in total. The highest BCUT2D eigenvalue weighted by molar-refractivity contribution is 6.03. The van der Waals surface area contributed by atoms with E-state index >= 15 is 0 Å². The number of likely N-dealkylation sites (tertiary alicyclic amines) is 2. The van der Waals surface area contributed by atoms with Crippen molar-refractivity contribution in [3.8, 4) is 0 Å². The molecule has 10 amide bonds. The van der Waals surface area contributed by atoms with Crippen molar-refractivity contribution in [1.82, 2.24) is 41.7 Å². The van der Waals surface area contributed by atoms with Crippen LogP contribution in [-0.2, 0) is 57.4 Å². The zero-order chi connectivity index (χ0) is 46.0. The number of nitrogens with zero attached hydrogens (tertiary/aromatic N) is 2. The highest BCUT2D eigenvalue weighted by Crippen LogP contribution is 2.16. The van der Waals surface area contributed by atoms with Crippen LogP contribution in [0.3, 0.4) is 0 Å². The second kappa shape index (κ2) is 38.3. The predicted octanol–water partition coefficient (Wildman–Crippen LogP) is 0.655. The maximum absolute atomic E-state index is 11.6. The van der Waals surface area contributed by atoms with Crippen molar-refractivity contribution in [2.45, 2.75) is 101 Å². The number of Topliss-reactive ketones (excluding diaryl/α,β-unsaturated/α-hetero) is 1. The van der Waals surface area contributed by atoms with Gasteiger partial charge in [0, 0.05) is 103 Å².